The van der Waals surface area contributed by atoms with Crippen molar-refractivity contribution in [2.24, 2.45) is 0 Å². The van der Waals surface area contributed by atoms with Gasteiger partial charge in [0, 0.05) is 25.2 Å². The molecule has 2 aromatic rings. The Morgan fingerprint density at radius 1 is 1.45 bits per heavy atom. The molecule has 1 aromatic carbocycles. The SMILES string of the molecule is COCCNC1(c2nccs2)CCc2ccc(C)cc21. The molecule has 3 rings (SSSR count). The number of ether oxygens (including phenoxy) is 1. The summed E-state index contributed by atoms with van der Waals surface area (Å²) in [6.45, 7) is 3.71. The van der Waals surface area contributed by atoms with Gasteiger partial charge >= 0.3 is 0 Å². The number of aromatic nitrogens is 1. The Labute approximate surface area is 124 Å². The second-order valence-corrected chi connectivity index (χ2v) is 6.22. The number of rotatable bonds is 5. The zero-order valence-electron chi connectivity index (χ0n) is 12.0. The summed E-state index contributed by atoms with van der Waals surface area (Å²) in [6.07, 6.45) is 4.08. The summed E-state index contributed by atoms with van der Waals surface area (Å²) in [5.74, 6) is 0. The molecule has 1 aromatic heterocycles. The standard InChI is InChI=1S/C16H20N2OS/c1-12-3-4-13-5-6-16(14(13)11-12,18-7-9-19-2)15-17-8-10-20-15/h3-4,8,10-11,18H,5-7,9H2,1-2H3. The fourth-order valence-corrected chi connectivity index (χ4v) is 3.90. The minimum Gasteiger partial charge on any atom is -0.383 e. The van der Waals surface area contributed by atoms with Gasteiger partial charge in [0.1, 0.15) is 5.01 Å². The topological polar surface area (TPSA) is 34.1 Å². The molecule has 1 atom stereocenters. The average Bonchev–Trinajstić information content (AvgIpc) is 3.08. The number of benzene rings is 1. The zero-order valence-corrected chi connectivity index (χ0v) is 12.8. The van der Waals surface area contributed by atoms with Crippen LogP contribution in [0.25, 0.3) is 0 Å². The van der Waals surface area contributed by atoms with Crippen molar-refractivity contribution >= 4 is 11.3 Å². The van der Waals surface area contributed by atoms with Crippen molar-refractivity contribution in [1.82, 2.24) is 10.3 Å². The van der Waals surface area contributed by atoms with Crippen LogP contribution in [0.3, 0.4) is 0 Å². The third kappa shape index (κ3) is 2.28. The molecule has 106 valence electrons. The largest absolute Gasteiger partial charge is 0.383 e. The lowest BCUT2D eigenvalue weighted by atomic mass is 9.91. The van der Waals surface area contributed by atoms with E-state index in [0.717, 1.165) is 24.4 Å². The molecule has 0 fully saturated rings. The Morgan fingerprint density at radius 3 is 3.10 bits per heavy atom. The van der Waals surface area contributed by atoms with E-state index >= 15 is 0 Å². The van der Waals surface area contributed by atoms with E-state index in [2.05, 4.69) is 40.8 Å². The Hall–Kier alpha value is -1.23. The maximum absolute atomic E-state index is 5.20. The maximum atomic E-state index is 5.20. The Bertz CT molecular complexity index is 582. The lowest BCUT2D eigenvalue weighted by molar-refractivity contribution is 0.189. The second-order valence-electron chi connectivity index (χ2n) is 5.32. The highest BCUT2D eigenvalue weighted by atomic mass is 32.1. The molecule has 0 saturated heterocycles. The summed E-state index contributed by atoms with van der Waals surface area (Å²) in [5, 5.41) is 6.93. The number of fused-ring (bicyclic) bond motifs is 1. The lowest BCUT2D eigenvalue weighted by Gasteiger charge is -2.30. The molecule has 0 bridgehead atoms. The molecule has 1 heterocycles. The first kappa shape index (κ1) is 13.7. The van der Waals surface area contributed by atoms with Gasteiger partial charge in [-0.25, -0.2) is 4.98 Å². The molecule has 1 aliphatic carbocycles. The maximum Gasteiger partial charge on any atom is 0.117 e. The first-order valence-corrected chi connectivity index (χ1v) is 7.88. The number of thiazole rings is 1. The normalized spacial score (nSPS) is 21.1. The molecule has 20 heavy (non-hydrogen) atoms. The van der Waals surface area contributed by atoms with E-state index in [4.69, 9.17) is 4.74 Å². The number of hydrogen-bond donors (Lipinski definition) is 1. The van der Waals surface area contributed by atoms with Crippen LogP contribution in [0.2, 0.25) is 0 Å². The molecule has 1 N–H and O–H groups in total. The molecule has 0 amide bonds. The molecule has 1 aliphatic rings. The third-order valence-electron chi connectivity index (χ3n) is 4.02. The summed E-state index contributed by atoms with van der Waals surface area (Å²) in [6, 6.07) is 6.77. The summed E-state index contributed by atoms with van der Waals surface area (Å²) in [5.41, 5.74) is 4.01. The van der Waals surface area contributed by atoms with Gasteiger partial charge in [0.25, 0.3) is 0 Å². The van der Waals surface area contributed by atoms with Gasteiger partial charge in [-0.05, 0) is 30.9 Å². The van der Waals surface area contributed by atoms with E-state index in [1.165, 1.54) is 16.7 Å². The van der Waals surface area contributed by atoms with Gasteiger partial charge in [0.2, 0.25) is 0 Å². The Balaban J connectivity index is 2.03. The van der Waals surface area contributed by atoms with Gasteiger partial charge in [-0.3, -0.25) is 5.32 Å². The minimum absolute atomic E-state index is 0.131. The fourth-order valence-electron chi connectivity index (χ4n) is 3.04. The summed E-state index contributed by atoms with van der Waals surface area (Å²) >= 11 is 1.73. The highest BCUT2D eigenvalue weighted by Crippen LogP contribution is 2.43. The monoisotopic (exact) mass is 288 g/mol. The fraction of sp³-hybridized carbons (Fsp3) is 0.438. The number of nitrogens with one attached hydrogen (secondary N) is 1. The summed E-state index contributed by atoms with van der Waals surface area (Å²) in [7, 11) is 1.74. The van der Waals surface area contributed by atoms with Crippen LogP contribution in [0, 0.1) is 6.92 Å². The van der Waals surface area contributed by atoms with Crippen LogP contribution in [0.4, 0.5) is 0 Å². The highest BCUT2D eigenvalue weighted by molar-refractivity contribution is 7.09. The molecule has 4 heteroatoms. The van der Waals surface area contributed by atoms with Crippen LogP contribution >= 0.6 is 11.3 Å². The Kier molecular flexibility index (Phi) is 3.87. The van der Waals surface area contributed by atoms with Crippen LogP contribution in [0.5, 0.6) is 0 Å². The van der Waals surface area contributed by atoms with Crippen molar-refractivity contribution < 1.29 is 4.74 Å². The number of aryl methyl sites for hydroxylation is 2. The van der Waals surface area contributed by atoms with Gasteiger partial charge in [-0.2, -0.15) is 0 Å². The summed E-state index contributed by atoms with van der Waals surface area (Å²) in [4.78, 5) is 4.59. The molecule has 1 unspecified atom stereocenters. The smallest absolute Gasteiger partial charge is 0.117 e. The predicted octanol–water partition coefficient (Wildman–Crippen LogP) is 2.88. The second kappa shape index (κ2) is 5.64. The van der Waals surface area contributed by atoms with Gasteiger partial charge in [-0.15, -0.1) is 11.3 Å². The third-order valence-corrected chi connectivity index (χ3v) is 4.96. The molecule has 0 radical (unpaired) electrons. The number of nitrogens with zero attached hydrogens (tertiary/aromatic N) is 1. The van der Waals surface area contributed by atoms with E-state index in [-0.39, 0.29) is 5.54 Å². The molecule has 3 nitrogen and oxygen atoms in total. The van der Waals surface area contributed by atoms with Crippen molar-refractivity contribution in [2.75, 3.05) is 20.3 Å². The summed E-state index contributed by atoms with van der Waals surface area (Å²) < 4.78 is 5.20. The molecular weight excluding hydrogens is 268 g/mol. The van der Waals surface area contributed by atoms with Gasteiger partial charge in [0.05, 0.1) is 12.1 Å². The number of methoxy groups -OCH3 is 1. The molecule has 0 saturated carbocycles. The minimum atomic E-state index is -0.131. The van der Waals surface area contributed by atoms with Crippen molar-refractivity contribution in [3.05, 3.63) is 51.5 Å². The van der Waals surface area contributed by atoms with Gasteiger partial charge in [0.15, 0.2) is 0 Å². The van der Waals surface area contributed by atoms with Crippen molar-refractivity contribution in [3.63, 3.8) is 0 Å². The molecule has 0 spiro atoms. The Morgan fingerprint density at radius 2 is 2.35 bits per heavy atom. The van der Waals surface area contributed by atoms with Crippen molar-refractivity contribution in [3.8, 4) is 0 Å². The van der Waals surface area contributed by atoms with Gasteiger partial charge in [-0.1, -0.05) is 23.8 Å². The number of hydrogen-bond acceptors (Lipinski definition) is 4. The van der Waals surface area contributed by atoms with E-state index in [0.29, 0.717) is 6.61 Å². The van der Waals surface area contributed by atoms with Crippen LogP contribution in [-0.2, 0) is 16.7 Å². The van der Waals surface area contributed by atoms with Crippen molar-refractivity contribution in [1.29, 1.82) is 0 Å². The average molecular weight is 288 g/mol. The predicted molar refractivity (Wildman–Crippen MR) is 82.3 cm³/mol. The highest BCUT2D eigenvalue weighted by Gasteiger charge is 2.41. The lowest BCUT2D eigenvalue weighted by Crippen LogP contribution is -2.43. The van der Waals surface area contributed by atoms with Crippen LogP contribution in [0.15, 0.2) is 29.8 Å². The van der Waals surface area contributed by atoms with Crippen LogP contribution in [-0.4, -0.2) is 25.2 Å². The van der Waals surface area contributed by atoms with E-state index in [1.54, 1.807) is 18.4 Å². The molecular formula is C16H20N2OS. The first-order chi connectivity index (χ1) is 9.76. The van der Waals surface area contributed by atoms with Crippen LogP contribution < -0.4 is 5.32 Å². The molecule has 0 aliphatic heterocycles. The van der Waals surface area contributed by atoms with Crippen LogP contribution in [0.1, 0.15) is 28.1 Å². The van der Waals surface area contributed by atoms with E-state index in [1.807, 2.05) is 6.20 Å². The first-order valence-electron chi connectivity index (χ1n) is 7.00. The van der Waals surface area contributed by atoms with Gasteiger partial charge < -0.3 is 4.74 Å². The van der Waals surface area contributed by atoms with E-state index in [9.17, 15) is 0 Å². The van der Waals surface area contributed by atoms with E-state index < -0.39 is 0 Å². The zero-order chi connectivity index (χ0) is 14.0. The quantitative estimate of drug-likeness (QED) is 0.859. The van der Waals surface area contributed by atoms with Crippen molar-refractivity contribution in [2.45, 2.75) is 25.3 Å².